The van der Waals surface area contributed by atoms with Crippen LogP contribution in [0, 0.1) is 6.92 Å². The van der Waals surface area contributed by atoms with Gasteiger partial charge in [0.2, 0.25) is 0 Å². The molecule has 3 heterocycles. The molecule has 0 aromatic carbocycles. The van der Waals surface area contributed by atoms with Crippen LogP contribution in [0.4, 0.5) is 0 Å². The maximum Gasteiger partial charge on any atom is 0.176 e. The molecule has 3 rings (SSSR count). The van der Waals surface area contributed by atoms with Crippen molar-refractivity contribution in [3.05, 3.63) is 29.7 Å². The van der Waals surface area contributed by atoms with Crippen LogP contribution < -0.4 is 0 Å². The summed E-state index contributed by atoms with van der Waals surface area (Å²) < 4.78 is 1.56. The van der Waals surface area contributed by atoms with Crippen LogP contribution >= 0.6 is 0 Å². The molecule has 2 aromatic heterocycles. The summed E-state index contributed by atoms with van der Waals surface area (Å²) in [5.41, 5.74) is 4.11. The van der Waals surface area contributed by atoms with E-state index in [-0.39, 0.29) is 0 Å². The molecule has 0 radical (unpaired) electrons. The molecule has 0 aliphatic carbocycles. The first-order valence-electron chi connectivity index (χ1n) is 5.20. The maximum absolute atomic E-state index is 4.47. The Morgan fingerprint density at radius 2 is 2.31 bits per heavy atom. The third kappa shape index (κ3) is 1.41. The van der Waals surface area contributed by atoms with Crippen molar-refractivity contribution in [3.8, 4) is 0 Å². The van der Waals surface area contributed by atoms with E-state index in [1.807, 2.05) is 19.2 Å². The quantitative estimate of drug-likeness (QED) is 0.717. The molecule has 0 unspecified atom stereocenters. The van der Waals surface area contributed by atoms with Gasteiger partial charge in [-0.1, -0.05) is 6.08 Å². The molecule has 0 saturated heterocycles. The number of nitrogens with zero attached hydrogens (tertiary/aromatic N) is 5. The smallest absolute Gasteiger partial charge is 0.176 e. The van der Waals surface area contributed by atoms with E-state index in [9.17, 15) is 0 Å². The second-order valence-corrected chi connectivity index (χ2v) is 3.76. The van der Waals surface area contributed by atoms with Crippen LogP contribution in [0.15, 0.2) is 23.5 Å². The Morgan fingerprint density at radius 1 is 1.38 bits per heavy atom. The first-order valence-corrected chi connectivity index (χ1v) is 5.20. The number of aliphatic imine (C=N–C) groups is 1. The Morgan fingerprint density at radius 3 is 3.12 bits per heavy atom. The lowest BCUT2D eigenvalue weighted by Crippen LogP contribution is -2.04. The van der Waals surface area contributed by atoms with Gasteiger partial charge in [-0.25, -0.2) is 4.98 Å². The van der Waals surface area contributed by atoms with Gasteiger partial charge in [0.05, 0.1) is 12.2 Å². The monoisotopic (exact) mass is 213 g/mol. The highest BCUT2D eigenvalue weighted by Gasteiger charge is 2.10. The molecule has 5 nitrogen and oxygen atoms in total. The zero-order chi connectivity index (χ0) is 11.0. The predicted octanol–water partition coefficient (Wildman–Crippen LogP) is 1.29. The van der Waals surface area contributed by atoms with E-state index in [1.54, 1.807) is 4.63 Å². The Labute approximate surface area is 92.5 Å². The minimum Gasteiger partial charge on any atom is -0.293 e. The van der Waals surface area contributed by atoms with Gasteiger partial charge in [0, 0.05) is 12.6 Å². The van der Waals surface area contributed by atoms with Gasteiger partial charge >= 0.3 is 0 Å². The molecule has 0 N–H and O–H groups in total. The summed E-state index contributed by atoms with van der Waals surface area (Å²) in [7, 11) is 0. The second kappa shape index (κ2) is 3.52. The van der Waals surface area contributed by atoms with Crippen LogP contribution in [0.3, 0.4) is 0 Å². The predicted molar refractivity (Wildman–Crippen MR) is 61.5 cm³/mol. The van der Waals surface area contributed by atoms with Crippen LogP contribution in [0.1, 0.15) is 17.7 Å². The highest BCUT2D eigenvalue weighted by atomic mass is 15.4. The third-order valence-electron chi connectivity index (χ3n) is 2.66. The standard InChI is InChI=1S/C11H11N5/c1-8-6-10-13-7-14-16(10)15-11(8)9-2-4-12-5-3-9/h2,5-7H,3-4H2,1H3. The zero-order valence-corrected chi connectivity index (χ0v) is 8.96. The largest absolute Gasteiger partial charge is 0.293 e. The summed E-state index contributed by atoms with van der Waals surface area (Å²) in [6.45, 7) is 2.79. The van der Waals surface area contributed by atoms with Gasteiger partial charge in [-0.15, -0.1) is 14.8 Å². The van der Waals surface area contributed by atoms with Crippen molar-refractivity contribution in [1.82, 2.24) is 19.8 Å². The molecule has 2 aromatic rings. The van der Waals surface area contributed by atoms with E-state index in [1.165, 1.54) is 11.9 Å². The molecule has 0 saturated carbocycles. The van der Waals surface area contributed by atoms with Crippen LogP contribution in [-0.4, -0.2) is 32.6 Å². The fourth-order valence-corrected chi connectivity index (χ4v) is 1.85. The van der Waals surface area contributed by atoms with Crippen molar-refractivity contribution in [3.63, 3.8) is 0 Å². The van der Waals surface area contributed by atoms with E-state index in [4.69, 9.17) is 0 Å². The average Bonchev–Trinajstić information content (AvgIpc) is 2.76. The minimum atomic E-state index is 0.742. The van der Waals surface area contributed by atoms with Crippen LogP contribution in [0.5, 0.6) is 0 Å². The summed E-state index contributed by atoms with van der Waals surface area (Å²) in [4.78, 5) is 8.28. The highest BCUT2D eigenvalue weighted by Crippen LogP contribution is 2.20. The molecular formula is C11H11N5. The van der Waals surface area contributed by atoms with Crippen LogP contribution in [0.2, 0.25) is 0 Å². The average molecular weight is 213 g/mol. The molecule has 1 aliphatic rings. The molecule has 80 valence electrons. The van der Waals surface area contributed by atoms with E-state index in [0.29, 0.717) is 0 Å². The summed E-state index contributed by atoms with van der Waals surface area (Å²) >= 11 is 0. The Kier molecular flexibility index (Phi) is 2.02. The molecule has 0 amide bonds. The van der Waals surface area contributed by atoms with Crippen LogP contribution in [0.25, 0.3) is 11.2 Å². The fourth-order valence-electron chi connectivity index (χ4n) is 1.85. The number of allylic oxidation sites excluding steroid dienone is 1. The molecule has 16 heavy (non-hydrogen) atoms. The summed E-state index contributed by atoms with van der Waals surface area (Å²) in [6, 6.07) is 2.00. The topological polar surface area (TPSA) is 55.4 Å². The van der Waals surface area contributed by atoms with E-state index >= 15 is 0 Å². The number of fused-ring (bicyclic) bond motifs is 1. The molecule has 5 heteroatoms. The SMILES string of the molecule is Cc1cc2ncnn2nc1C1=CCN=CC1. The molecular weight excluding hydrogens is 202 g/mol. The van der Waals surface area contributed by atoms with Gasteiger partial charge in [-0.3, -0.25) is 4.99 Å². The first kappa shape index (κ1) is 9.21. The zero-order valence-electron chi connectivity index (χ0n) is 8.96. The Balaban J connectivity index is 2.15. The normalized spacial score (nSPS) is 15.4. The van der Waals surface area contributed by atoms with Crippen molar-refractivity contribution in [2.24, 2.45) is 4.99 Å². The van der Waals surface area contributed by atoms with E-state index in [0.717, 1.165) is 29.9 Å². The highest BCUT2D eigenvalue weighted by molar-refractivity contribution is 5.81. The van der Waals surface area contributed by atoms with Crippen molar-refractivity contribution in [2.75, 3.05) is 6.54 Å². The minimum absolute atomic E-state index is 0.742. The van der Waals surface area contributed by atoms with E-state index in [2.05, 4.69) is 26.2 Å². The van der Waals surface area contributed by atoms with Gasteiger partial charge in [0.15, 0.2) is 5.65 Å². The van der Waals surface area contributed by atoms with Crippen molar-refractivity contribution >= 4 is 17.4 Å². The van der Waals surface area contributed by atoms with Gasteiger partial charge in [0.25, 0.3) is 0 Å². The number of rotatable bonds is 1. The molecule has 0 spiro atoms. The first-order chi connectivity index (χ1) is 7.84. The number of hydrogen-bond donors (Lipinski definition) is 0. The van der Waals surface area contributed by atoms with E-state index < -0.39 is 0 Å². The second-order valence-electron chi connectivity index (χ2n) is 3.76. The summed E-state index contributed by atoms with van der Waals surface area (Å²) in [5.74, 6) is 0. The maximum atomic E-state index is 4.47. The number of aryl methyl sites for hydroxylation is 1. The van der Waals surface area contributed by atoms with Gasteiger partial charge in [-0.2, -0.15) is 0 Å². The summed E-state index contributed by atoms with van der Waals surface area (Å²) in [6.07, 6.45) is 6.40. The molecule has 0 atom stereocenters. The fraction of sp³-hybridized carbons (Fsp3) is 0.273. The Bertz CT molecular complexity index is 593. The lowest BCUT2D eigenvalue weighted by Gasteiger charge is -2.09. The number of aromatic nitrogens is 4. The lowest BCUT2D eigenvalue weighted by molar-refractivity contribution is 0.786. The lowest BCUT2D eigenvalue weighted by atomic mass is 10.0. The number of hydrogen-bond acceptors (Lipinski definition) is 4. The summed E-state index contributed by atoms with van der Waals surface area (Å²) in [5, 5.41) is 8.52. The third-order valence-corrected chi connectivity index (χ3v) is 2.66. The van der Waals surface area contributed by atoms with Crippen molar-refractivity contribution in [1.29, 1.82) is 0 Å². The molecule has 0 bridgehead atoms. The van der Waals surface area contributed by atoms with Crippen molar-refractivity contribution < 1.29 is 0 Å². The van der Waals surface area contributed by atoms with Gasteiger partial charge in [0.1, 0.15) is 6.33 Å². The van der Waals surface area contributed by atoms with Crippen LogP contribution in [-0.2, 0) is 0 Å². The number of dihydropyridines is 1. The van der Waals surface area contributed by atoms with Gasteiger partial charge in [-0.05, 0) is 24.1 Å². The van der Waals surface area contributed by atoms with Crippen molar-refractivity contribution in [2.45, 2.75) is 13.3 Å². The molecule has 0 fully saturated rings. The van der Waals surface area contributed by atoms with Gasteiger partial charge < -0.3 is 0 Å². The Hall–Kier alpha value is -2.04. The molecule has 1 aliphatic heterocycles.